The van der Waals surface area contributed by atoms with Crippen LogP contribution in [0.2, 0.25) is 0 Å². The summed E-state index contributed by atoms with van der Waals surface area (Å²) in [5.41, 5.74) is 2.47. The van der Waals surface area contributed by atoms with Crippen molar-refractivity contribution >= 4 is 11.8 Å². The van der Waals surface area contributed by atoms with Gasteiger partial charge in [-0.2, -0.15) is 5.10 Å². The van der Waals surface area contributed by atoms with Crippen molar-refractivity contribution < 1.29 is 9.59 Å². The van der Waals surface area contributed by atoms with E-state index in [-0.39, 0.29) is 11.8 Å². The standard InChI is InChI=1S/C22H35N5O2/c1-16(2)25-11-13-26(14-12-25)22(29)21-18-15-27(10-9-19(18)23-24-21)20(28)8-7-17-5-3-4-6-17/h16-17H,3-15H2,1-2H3,(H,23,24). The highest BCUT2D eigenvalue weighted by atomic mass is 16.2. The molecule has 1 saturated heterocycles. The number of aromatic amines is 1. The van der Waals surface area contributed by atoms with Crippen molar-refractivity contribution in [3.63, 3.8) is 0 Å². The number of nitrogens with one attached hydrogen (secondary N) is 1. The number of hydrogen-bond acceptors (Lipinski definition) is 4. The lowest BCUT2D eigenvalue weighted by atomic mass is 10.00. The van der Waals surface area contributed by atoms with Crippen LogP contribution in [0.3, 0.4) is 0 Å². The Kier molecular flexibility index (Phi) is 6.23. The molecular weight excluding hydrogens is 366 g/mol. The zero-order valence-electron chi connectivity index (χ0n) is 18.0. The van der Waals surface area contributed by atoms with Crippen LogP contribution in [0.5, 0.6) is 0 Å². The molecule has 7 nitrogen and oxygen atoms in total. The van der Waals surface area contributed by atoms with E-state index < -0.39 is 0 Å². The van der Waals surface area contributed by atoms with Crippen LogP contribution in [0.25, 0.3) is 0 Å². The van der Waals surface area contributed by atoms with Gasteiger partial charge in [0, 0.05) is 69.4 Å². The first-order chi connectivity index (χ1) is 14.0. The maximum Gasteiger partial charge on any atom is 0.274 e. The minimum Gasteiger partial charge on any atom is -0.338 e. The summed E-state index contributed by atoms with van der Waals surface area (Å²) in [6.45, 7) is 8.91. The normalized spacial score (nSPS) is 21.1. The van der Waals surface area contributed by atoms with Crippen LogP contribution in [0.4, 0.5) is 0 Å². The van der Waals surface area contributed by atoms with Gasteiger partial charge in [0.05, 0.1) is 0 Å². The molecule has 2 fully saturated rings. The van der Waals surface area contributed by atoms with Crippen molar-refractivity contribution in [3.05, 3.63) is 17.0 Å². The van der Waals surface area contributed by atoms with Gasteiger partial charge in [0.2, 0.25) is 5.91 Å². The average Bonchev–Trinajstić information content (AvgIpc) is 3.40. The number of fused-ring (bicyclic) bond motifs is 1. The van der Waals surface area contributed by atoms with E-state index in [0.29, 0.717) is 24.7 Å². The van der Waals surface area contributed by atoms with Gasteiger partial charge >= 0.3 is 0 Å². The predicted octanol–water partition coefficient (Wildman–Crippen LogP) is 2.43. The summed E-state index contributed by atoms with van der Waals surface area (Å²) in [5, 5.41) is 7.43. The van der Waals surface area contributed by atoms with Crippen molar-refractivity contribution in [3.8, 4) is 0 Å². The van der Waals surface area contributed by atoms with E-state index in [1.165, 1.54) is 25.7 Å². The molecule has 4 rings (SSSR count). The molecule has 0 radical (unpaired) electrons. The number of nitrogens with zero attached hydrogens (tertiary/aromatic N) is 4. The Labute approximate surface area is 173 Å². The number of carbonyl (C=O) groups excluding carboxylic acids is 2. The van der Waals surface area contributed by atoms with Gasteiger partial charge in [0.1, 0.15) is 0 Å². The molecule has 2 amide bonds. The van der Waals surface area contributed by atoms with Crippen molar-refractivity contribution in [2.45, 2.75) is 71.4 Å². The molecule has 1 aromatic rings. The van der Waals surface area contributed by atoms with Gasteiger partial charge in [0.25, 0.3) is 5.91 Å². The first-order valence-corrected chi connectivity index (χ1v) is 11.4. The fraction of sp³-hybridized carbons (Fsp3) is 0.773. The third-order valence-corrected chi connectivity index (χ3v) is 7.06. The summed E-state index contributed by atoms with van der Waals surface area (Å²) < 4.78 is 0. The Morgan fingerprint density at radius 1 is 1.07 bits per heavy atom. The highest BCUT2D eigenvalue weighted by molar-refractivity contribution is 5.94. The summed E-state index contributed by atoms with van der Waals surface area (Å²) >= 11 is 0. The fourth-order valence-electron chi connectivity index (χ4n) is 5.06. The number of amides is 2. The van der Waals surface area contributed by atoms with Crippen molar-refractivity contribution in [2.75, 3.05) is 32.7 Å². The van der Waals surface area contributed by atoms with Gasteiger partial charge in [-0.1, -0.05) is 25.7 Å². The quantitative estimate of drug-likeness (QED) is 0.823. The third-order valence-electron chi connectivity index (χ3n) is 7.06. The summed E-state index contributed by atoms with van der Waals surface area (Å²) in [6, 6.07) is 0.509. The van der Waals surface area contributed by atoms with E-state index >= 15 is 0 Å². The zero-order valence-corrected chi connectivity index (χ0v) is 18.0. The van der Waals surface area contributed by atoms with Gasteiger partial charge < -0.3 is 9.80 Å². The van der Waals surface area contributed by atoms with Gasteiger partial charge in [0.15, 0.2) is 5.69 Å². The van der Waals surface area contributed by atoms with Crippen LogP contribution in [-0.2, 0) is 17.8 Å². The fourth-order valence-corrected chi connectivity index (χ4v) is 5.06. The van der Waals surface area contributed by atoms with Gasteiger partial charge in [-0.05, 0) is 26.2 Å². The Morgan fingerprint density at radius 2 is 1.79 bits per heavy atom. The van der Waals surface area contributed by atoms with Gasteiger partial charge in [-0.3, -0.25) is 19.6 Å². The molecule has 1 N–H and O–H groups in total. The molecule has 0 unspecified atom stereocenters. The lowest BCUT2D eigenvalue weighted by Gasteiger charge is -2.37. The van der Waals surface area contributed by atoms with Crippen LogP contribution < -0.4 is 0 Å². The van der Waals surface area contributed by atoms with Crippen LogP contribution in [0.1, 0.15) is 74.1 Å². The lowest BCUT2D eigenvalue weighted by Crippen LogP contribution is -2.51. The van der Waals surface area contributed by atoms with Gasteiger partial charge in [-0.25, -0.2) is 0 Å². The molecule has 29 heavy (non-hydrogen) atoms. The largest absolute Gasteiger partial charge is 0.338 e. The molecule has 1 saturated carbocycles. The highest BCUT2D eigenvalue weighted by Gasteiger charge is 2.31. The maximum absolute atomic E-state index is 13.1. The molecule has 0 bridgehead atoms. The first-order valence-electron chi connectivity index (χ1n) is 11.4. The Morgan fingerprint density at radius 3 is 2.48 bits per heavy atom. The lowest BCUT2D eigenvalue weighted by molar-refractivity contribution is -0.132. The molecule has 0 spiro atoms. The zero-order chi connectivity index (χ0) is 20.4. The van der Waals surface area contributed by atoms with Crippen molar-refractivity contribution in [1.82, 2.24) is 24.9 Å². The molecule has 2 aliphatic heterocycles. The minimum absolute atomic E-state index is 0.00570. The van der Waals surface area contributed by atoms with E-state index in [9.17, 15) is 9.59 Å². The molecular formula is C22H35N5O2. The Balaban J connectivity index is 1.36. The van der Waals surface area contributed by atoms with Crippen molar-refractivity contribution in [2.24, 2.45) is 5.92 Å². The SMILES string of the molecule is CC(C)N1CCN(C(=O)c2n[nH]c3c2CN(C(=O)CCC2CCCC2)CC3)CC1. The number of hydrogen-bond donors (Lipinski definition) is 1. The monoisotopic (exact) mass is 401 g/mol. The molecule has 3 aliphatic rings. The topological polar surface area (TPSA) is 72.5 Å². The van der Waals surface area contributed by atoms with E-state index in [2.05, 4.69) is 28.9 Å². The van der Waals surface area contributed by atoms with Crippen molar-refractivity contribution in [1.29, 1.82) is 0 Å². The minimum atomic E-state index is 0.00570. The van der Waals surface area contributed by atoms with Crippen LogP contribution in [0.15, 0.2) is 0 Å². The second-order valence-corrected chi connectivity index (χ2v) is 9.21. The number of H-pyrrole nitrogens is 1. The molecule has 160 valence electrons. The predicted molar refractivity (Wildman–Crippen MR) is 112 cm³/mol. The molecule has 3 heterocycles. The molecule has 1 aliphatic carbocycles. The van der Waals surface area contributed by atoms with Crippen LogP contribution in [0, 0.1) is 5.92 Å². The molecule has 7 heteroatoms. The molecule has 0 aromatic carbocycles. The number of piperazine rings is 1. The maximum atomic E-state index is 13.1. The summed E-state index contributed by atoms with van der Waals surface area (Å²) in [7, 11) is 0. The van der Waals surface area contributed by atoms with E-state index in [0.717, 1.165) is 62.7 Å². The smallest absolute Gasteiger partial charge is 0.274 e. The van der Waals surface area contributed by atoms with E-state index in [4.69, 9.17) is 0 Å². The number of rotatable bonds is 5. The number of aromatic nitrogens is 2. The first kappa shape index (κ1) is 20.4. The summed E-state index contributed by atoms with van der Waals surface area (Å²) in [5.74, 6) is 0.966. The van der Waals surface area contributed by atoms with Gasteiger partial charge in [-0.15, -0.1) is 0 Å². The second kappa shape index (κ2) is 8.86. The Bertz CT molecular complexity index is 730. The van der Waals surface area contributed by atoms with E-state index in [1.807, 2.05) is 9.80 Å². The second-order valence-electron chi connectivity index (χ2n) is 9.21. The summed E-state index contributed by atoms with van der Waals surface area (Å²) in [6.07, 6.45) is 7.60. The average molecular weight is 402 g/mol. The van der Waals surface area contributed by atoms with E-state index in [1.54, 1.807) is 0 Å². The Hall–Kier alpha value is -1.89. The summed E-state index contributed by atoms with van der Waals surface area (Å²) in [4.78, 5) is 32.1. The number of carbonyl (C=O) groups is 2. The molecule has 1 aromatic heterocycles. The van der Waals surface area contributed by atoms with Crippen LogP contribution in [-0.4, -0.2) is 75.5 Å². The van der Waals surface area contributed by atoms with Crippen LogP contribution >= 0.6 is 0 Å². The third kappa shape index (κ3) is 4.49. The highest BCUT2D eigenvalue weighted by Crippen LogP contribution is 2.29. The molecule has 0 atom stereocenters.